The van der Waals surface area contributed by atoms with Gasteiger partial charge < -0.3 is 14.8 Å². The third kappa shape index (κ3) is 6.00. The highest BCUT2D eigenvalue weighted by Gasteiger charge is 2.15. The zero-order valence-corrected chi connectivity index (χ0v) is 9.36. The van der Waals surface area contributed by atoms with Crippen LogP contribution in [0.5, 0.6) is 0 Å². The van der Waals surface area contributed by atoms with Gasteiger partial charge >= 0.3 is 11.8 Å². The summed E-state index contributed by atoms with van der Waals surface area (Å²) in [5.74, 6) is -1.46. The van der Waals surface area contributed by atoms with Crippen LogP contribution >= 0.6 is 0 Å². The molecule has 0 atom stereocenters. The number of carbonyl (C=O) groups is 2. The highest BCUT2D eigenvalue weighted by molar-refractivity contribution is 6.34. The highest BCUT2D eigenvalue weighted by atomic mass is 16.7. The summed E-state index contributed by atoms with van der Waals surface area (Å²) >= 11 is 0. The summed E-state index contributed by atoms with van der Waals surface area (Å²) in [5.41, 5.74) is 2.30. The lowest BCUT2D eigenvalue weighted by Gasteiger charge is -2.15. The van der Waals surface area contributed by atoms with Gasteiger partial charge in [0.1, 0.15) is 0 Å². The van der Waals surface area contributed by atoms with Crippen LogP contribution in [0.1, 0.15) is 0 Å². The van der Waals surface area contributed by atoms with Crippen molar-refractivity contribution < 1.29 is 19.1 Å². The normalized spacial score (nSPS) is 10.5. The molecule has 7 nitrogen and oxygen atoms in total. The van der Waals surface area contributed by atoms with E-state index >= 15 is 0 Å². The Morgan fingerprint density at radius 3 is 2.13 bits per heavy atom. The number of amides is 2. The summed E-state index contributed by atoms with van der Waals surface area (Å²) < 4.78 is 9.66. The van der Waals surface area contributed by atoms with E-state index in [1.54, 1.807) is 14.1 Å². The van der Waals surface area contributed by atoms with Crippen LogP contribution in [0, 0.1) is 0 Å². The molecule has 0 aromatic carbocycles. The molecule has 0 saturated heterocycles. The predicted molar refractivity (Wildman–Crippen MR) is 52.6 cm³/mol. The van der Waals surface area contributed by atoms with Crippen LogP contribution in [0.2, 0.25) is 0 Å². The van der Waals surface area contributed by atoms with E-state index in [0.717, 1.165) is 0 Å². The second-order valence-corrected chi connectivity index (χ2v) is 2.95. The average Bonchev–Trinajstić information content (AvgIpc) is 2.18. The van der Waals surface area contributed by atoms with Crippen molar-refractivity contribution in [3.05, 3.63) is 0 Å². The van der Waals surface area contributed by atoms with Crippen LogP contribution in [0.4, 0.5) is 0 Å². The number of methoxy groups -OCH3 is 2. The lowest BCUT2D eigenvalue weighted by molar-refractivity contribution is -0.143. The standard InChI is InChI=1S/C8H17N3O4/c1-11(2)10-8(13)7(12)9-5-6(14-3)15-4/h6H,5H2,1-4H3,(H,9,12)(H,10,13). The molecule has 0 radical (unpaired) electrons. The van der Waals surface area contributed by atoms with Crippen molar-refractivity contribution in [3.63, 3.8) is 0 Å². The van der Waals surface area contributed by atoms with Gasteiger partial charge in [-0.15, -0.1) is 0 Å². The number of nitrogens with zero attached hydrogens (tertiary/aromatic N) is 1. The SMILES string of the molecule is COC(CNC(=O)C(=O)NN(C)C)OC. The Morgan fingerprint density at radius 2 is 1.73 bits per heavy atom. The number of rotatable bonds is 5. The molecule has 0 spiro atoms. The lowest BCUT2D eigenvalue weighted by Crippen LogP contribution is -2.47. The Kier molecular flexibility index (Phi) is 6.59. The monoisotopic (exact) mass is 219 g/mol. The molecule has 0 aliphatic heterocycles. The van der Waals surface area contributed by atoms with Gasteiger partial charge in [-0.2, -0.15) is 0 Å². The quantitative estimate of drug-likeness (QED) is 0.328. The Labute approximate surface area is 88.7 Å². The molecule has 0 heterocycles. The van der Waals surface area contributed by atoms with E-state index in [4.69, 9.17) is 9.47 Å². The van der Waals surface area contributed by atoms with Gasteiger partial charge in [-0.3, -0.25) is 15.0 Å². The maximum absolute atomic E-state index is 11.2. The number of nitrogens with one attached hydrogen (secondary N) is 2. The molecular formula is C8H17N3O4. The molecular weight excluding hydrogens is 202 g/mol. The van der Waals surface area contributed by atoms with E-state index in [1.165, 1.54) is 19.2 Å². The lowest BCUT2D eigenvalue weighted by atomic mass is 10.5. The van der Waals surface area contributed by atoms with E-state index in [0.29, 0.717) is 0 Å². The number of hydrogen-bond acceptors (Lipinski definition) is 5. The van der Waals surface area contributed by atoms with Crippen molar-refractivity contribution in [2.45, 2.75) is 6.29 Å². The predicted octanol–water partition coefficient (Wildman–Crippen LogP) is -1.69. The van der Waals surface area contributed by atoms with Gasteiger partial charge in [0.25, 0.3) is 0 Å². The van der Waals surface area contributed by atoms with E-state index in [1.807, 2.05) is 0 Å². The summed E-state index contributed by atoms with van der Waals surface area (Å²) in [6.07, 6.45) is -0.555. The largest absolute Gasteiger partial charge is 0.354 e. The highest BCUT2D eigenvalue weighted by Crippen LogP contribution is 1.87. The van der Waals surface area contributed by atoms with Gasteiger partial charge in [0.2, 0.25) is 0 Å². The third-order valence-corrected chi connectivity index (χ3v) is 1.49. The number of ether oxygens (including phenoxy) is 2. The topological polar surface area (TPSA) is 79.9 Å². The van der Waals surface area contributed by atoms with E-state index in [9.17, 15) is 9.59 Å². The molecule has 0 aromatic rings. The smallest absolute Gasteiger partial charge is 0.323 e. The molecule has 0 rings (SSSR count). The van der Waals surface area contributed by atoms with Crippen molar-refractivity contribution >= 4 is 11.8 Å². The fourth-order valence-corrected chi connectivity index (χ4v) is 0.773. The van der Waals surface area contributed by atoms with Gasteiger partial charge in [0.05, 0.1) is 6.54 Å². The van der Waals surface area contributed by atoms with Gasteiger partial charge in [0, 0.05) is 28.3 Å². The van der Waals surface area contributed by atoms with Gasteiger partial charge in [-0.25, -0.2) is 5.01 Å². The summed E-state index contributed by atoms with van der Waals surface area (Å²) in [5, 5.41) is 3.74. The van der Waals surface area contributed by atoms with Crippen molar-refractivity contribution in [1.29, 1.82) is 0 Å². The summed E-state index contributed by atoms with van der Waals surface area (Å²) in [4.78, 5) is 22.3. The van der Waals surface area contributed by atoms with Crippen LogP contribution in [-0.2, 0) is 19.1 Å². The Morgan fingerprint density at radius 1 is 1.20 bits per heavy atom. The molecule has 7 heteroatoms. The molecule has 88 valence electrons. The Bertz CT molecular complexity index is 216. The molecule has 2 amide bonds. The van der Waals surface area contributed by atoms with E-state index in [-0.39, 0.29) is 6.54 Å². The minimum Gasteiger partial charge on any atom is -0.354 e. The molecule has 0 aromatic heterocycles. The Balaban J connectivity index is 3.87. The van der Waals surface area contributed by atoms with E-state index in [2.05, 4.69) is 10.7 Å². The van der Waals surface area contributed by atoms with Crippen LogP contribution < -0.4 is 10.7 Å². The molecule has 0 bridgehead atoms. The third-order valence-electron chi connectivity index (χ3n) is 1.49. The number of hydrogen-bond donors (Lipinski definition) is 2. The Hall–Kier alpha value is -1.18. The molecule has 0 aliphatic carbocycles. The molecule has 2 N–H and O–H groups in total. The number of hydrazine groups is 1. The first-order chi connectivity index (χ1) is 7.01. The average molecular weight is 219 g/mol. The second kappa shape index (κ2) is 7.16. The van der Waals surface area contributed by atoms with Crippen LogP contribution in [0.3, 0.4) is 0 Å². The fraction of sp³-hybridized carbons (Fsp3) is 0.750. The second-order valence-electron chi connectivity index (χ2n) is 2.95. The first kappa shape index (κ1) is 13.8. The minimum absolute atomic E-state index is 0.118. The maximum atomic E-state index is 11.2. The molecule has 0 unspecified atom stereocenters. The minimum atomic E-state index is -0.734. The first-order valence-electron chi connectivity index (χ1n) is 4.33. The number of carbonyl (C=O) groups excluding carboxylic acids is 2. The fourth-order valence-electron chi connectivity index (χ4n) is 0.773. The summed E-state index contributed by atoms with van der Waals surface area (Å²) in [7, 11) is 6.11. The van der Waals surface area contributed by atoms with Crippen molar-refractivity contribution in [1.82, 2.24) is 15.8 Å². The summed E-state index contributed by atoms with van der Waals surface area (Å²) in [6.45, 7) is 0.118. The van der Waals surface area contributed by atoms with Crippen LogP contribution in [-0.4, -0.2) is 58.0 Å². The van der Waals surface area contributed by atoms with Crippen LogP contribution in [0.15, 0.2) is 0 Å². The zero-order chi connectivity index (χ0) is 11.8. The molecule has 15 heavy (non-hydrogen) atoms. The van der Waals surface area contributed by atoms with Gasteiger partial charge in [-0.1, -0.05) is 0 Å². The van der Waals surface area contributed by atoms with Crippen molar-refractivity contribution in [3.8, 4) is 0 Å². The summed E-state index contributed by atoms with van der Waals surface area (Å²) in [6, 6.07) is 0. The van der Waals surface area contributed by atoms with Crippen molar-refractivity contribution in [2.75, 3.05) is 34.9 Å². The molecule has 0 aliphatic rings. The molecule has 0 fully saturated rings. The first-order valence-corrected chi connectivity index (χ1v) is 4.33. The van der Waals surface area contributed by atoms with Crippen LogP contribution in [0.25, 0.3) is 0 Å². The zero-order valence-electron chi connectivity index (χ0n) is 9.36. The van der Waals surface area contributed by atoms with Crippen molar-refractivity contribution in [2.24, 2.45) is 0 Å². The van der Waals surface area contributed by atoms with Gasteiger partial charge in [0.15, 0.2) is 6.29 Å². The maximum Gasteiger partial charge on any atom is 0.323 e. The van der Waals surface area contributed by atoms with E-state index < -0.39 is 18.1 Å². The van der Waals surface area contributed by atoms with Gasteiger partial charge in [-0.05, 0) is 0 Å². The molecule has 0 saturated carbocycles.